The normalized spacial score (nSPS) is 15.8. The number of amides is 1. The molecule has 1 amide bonds. The molecule has 0 spiro atoms. The van der Waals surface area contributed by atoms with Crippen LogP contribution in [0.15, 0.2) is 70.9 Å². The molecule has 1 aliphatic heterocycles. The third kappa shape index (κ3) is 5.88. The highest BCUT2D eigenvalue weighted by atomic mass is 32.2. The highest BCUT2D eigenvalue weighted by Gasteiger charge is 2.25. The van der Waals surface area contributed by atoms with Crippen LogP contribution in [0.2, 0.25) is 0 Å². The molecule has 0 bridgehead atoms. The Labute approximate surface area is 198 Å². The van der Waals surface area contributed by atoms with Gasteiger partial charge in [0.05, 0.1) is 10.9 Å². The van der Waals surface area contributed by atoms with Gasteiger partial charge in [-0.1, -0.05) is 36.8 Å². The summed E-state index contributed by atoms with van der Waals surface area (Å²) in [7, 11) is -3.46. The van der Waals surface area contributed by atoms with Gasteiger partial charge in [-0.25, -0.2) is 12.8 Å². The number of benzene rings is 2. The van der Waals surface area contributed by atoms with Crippen LogP contribution < -0.4 is 5.32 Å². The number of carbonyl (C=O) groups is 1. The second-order valence-corrected chi connectivity index (χ2v) is 11.1. The lowest BCUT2D eigenvalue weighted by Crippen LogP contribution is -2.35. The van der Waals surface area contributed by atoms with E-state index in [0.717, 1.165) is 35.3 Å². The standard InChI is InChI=1S/C25H27FN2O3S2/c26-21-11-9-20(10-12-21)25(23-5-4-18-32-23)27-24(29)15-8-19-6-13-22(14-7-19)33(30,31)28-16-2-1-3-17-28/h4-7,9-14,18,25H,1-3,8,15-17H2,(H,27,29). The van der Waals surface area contributed by atoms with Crippen LogP contribution >= 0.6 is 11.3 Å². The molecule has 5 nitrogen and oxygen atoms in total. The van der Waals surface area contributed by atoms with Gasteiger partial charge in [0.25, 0.3) is 0 Å². The van der Waals surface area contributed by atoms with Gasteiger partial charge in [0.2, 0.25) is 15.9 Å². The van der Waals surface area contributed by atoms with Gasteiger partial charge in [-0.05, 0) is 66.1 Å². The molecule has 0 radical (unpaired) electrons. The predicted molar refractivity (Wildman–Crippen MR) is 128 cm³/mol. The topological polar surface area (TPSA) is 66.5 Å². The lowest BCUT2D eigenvalue weighted by Gasteiger charge is -2.25. The summed E-state index contributed by atoms with van der Waals surface area (Å²) in [6.45, 7) is 1.15. The maximum absolute atomic E-state index is 13.3. The minimum absolute atomic E-state index is 0.122. The summed E-state index contributed by atoms with van der Waals surface area (Å²) in [4.78, 5) is 14.0. The summed E-state index contributed by atoms with van der Waals surface area (Å²) in [5.41, 5.74) is 1.72. The van der Waals surface area contributed by atoms with Crippen molar-refractivity contribution >= 4 is 27.3 Å². The van der Waals surface area contributed by atoms with Crippen molar-refractivity contribution < 1.29 is 17.6 Å². The number of aryl methyl sites for hydroxylation is 1. The summed E-state index contributed by atoms with van der Waals surface area (Å²) in [5.74, 6) is -0.441. The largest absolute Gasteiger partial charge is 0.344 e. The van der Waals surface area contributed by atoms with Gasteiger partial charge in [-0.2, -0.15) is 4.31 Å². The number of nitrogens with zero attached hydrogens (tertiary/aromatic N) is 1. The van der Waals surface area contributed by atoms with Crippen molar-refractivity contribution in [3.05, 3.63) is 87.9 Å². The Hall–Kier alpha value is -2.55. The van der Waals surface area contributed by atoms with Crippen molar-refractivity contribution in [2.75, 3.05) is 13.1 Å². The highest BCUT2D eigenvalue weighted by Crippen LogP contribution is 2.27. The molecule has 1 N–H and O–H groups in total. The maximum atomic E-state index is 13.3. The molecule has 2 aromatic carbocycles. The van der Waals surface area contributed by atoms with Gasteiger partial charge in [0.15, 0.2) is 0 Å². The Morgan fingerprint density at radius 3 is 2.33 bits per heavy atom. The third-order valence-electron chi connectivity index (χ3n) is 5.85. The predicted octanol–water partition coefficient (Wildman–Crippen LogP) is 4.90. The number of sulfonamides is 1. The van der Waals surface area contributed by atoms with E-state index in [1.807, 2.05) is 17.5 Å². The summed E-state index contributed by atoms with van der Waals surface area (Å²) < 4.78 is 40.5. The molecule has 1 aliphatic rings. The molecule has 174 valence electrons. The molecular weight excluding hydrogens is 459 g/mol. The van der Waals surface area contributed by atoms with E-state index in [2.05, 4.69) is 5.32 Å². The number of halogens is 1. The lowest BCUT2D eigenvalue weighted by atomic mass is 10.0. The van der Waals surface area contributed by atoms with Crippen LogP contribution in [0.1, 0.15) is 47.7 Å². The fourth-order valence-corrected chi connectivity index (χ4v) is 6.32. The third-order valence-corrected chi connectivity index (χ3v) is 8.70. The number of hydrogen-bond acceptors (Lipinski definition) is 4. The minimum atomic E-state index is -3.46. The van der Waals surface area contributed by atoms with E-state index in [9.17, 15) is 17.6 Å². The molecule has 0 saturated carbocycles. The fourth-order valence-electron chi connectivity index (χ4n) is 4.00. The zero-order valence-electron chi connectivity index (χ0n) is 18.2. The first kappa shape index (κ1) is 23.6. The second kappa shape index (κ2) is 10.6. The van der Waals surface area contributed by atoms with E-state index in [1.54, 1.807) is 40.7 Å². The average molecular weight is 487 g/mol. The molecule has 33 heavy (non-hydrogen) atoms. The highest BCUT2D eigenvalue weighted by molar-refractivity contribution is 7.89. The molecule has 4 rings (SSSR count). The first-order chi connectivity index (χ1) is 15.9. The molecule has 1 atom stereocenters. The van der Waals surface area contributed by atoms with Crippen molar-refractivity contribution in [2.45, 2.75) is 43.0 Å². The van der Waals surface area contributed by atoms with Gasteiger partial charge in [0, 0.05) is 24.4 Å². The van der Waals surface area contributed by atoms with Crippen molar-refractivity contribution in [3.8, 4) is 0 Å². The Kier molecular flexibility index (Phi) is 7.57. The van der Waals surface area contributed by atoms with Crippen LogP contribution in [0, 0.1) is 5.82 Å². The van der Waals surface area contributed by atoms with Gasteiger partial charge in [0.1, 0.15) is 5.82 Å². The summed E-state index contributed by atoms with van der Waals surface area (Å²) in [6, 6.07) is 16.5. The van der Waals surface area contributed by atoms with Crippen molar-refractivity contribution in [2.24, 2.45) is 0 Å². The molecule has 3 aromatic rings. The van der Waals surface area contributed by atoms with E-state index in [-0.39, 0.29) is 24.2 Å². The van der Waals surface area contributed by atoms with E-state index < -0.39 is 10.0 Å². The molecule has 8 heteroatoms. The number of hydrogen-bond donors (Lipinski definition) is 1. The lowest BCUT2D eigenvalue weighted by molar-refractivity contribution is -0.121. The quantitative estimate of drug-likeness (QED) is 0.493. The average Bonchev–Trinajstić information content (AvgIpc) is 3.37. The Balaban J connectivity index is 1.38. The second-order valence-electron chi connectivity index (χ2n) is 8.18. The number of nitrogens with one attached hydrogen (secondary N) is 1. The first-order valence-electron chi connectivity index (χ1n) is 11.1. The van der Waals surface area contributed by atoms with Crippen molar-refractivity contribution in [3.63, 3.8) is 0 Å². The number of thiophene rings is 1. The molecule has 1 saturated heterocycles. The van der Waals surface area contributed by atoms with Crippen molar-refractivity contribution in [1.29, 1.82) is 0 Å². The fraction of sp³-hybridized carbons (Fsp3) is 0.320. The maximum Gasteiger partial charge on any atom is 0.243 e. The van der Waals surface area contributed by atoms with Crippen molar-refractivity contribution in [1.82, 2.24) is 9.62 Å². The minimum Gasteiger partial charge on any atom is -0.344 e. The SMILES string of the molecule is O=C(CCc1ccc(S(=O)(=O)N2CCCCC2)cc1)NC(c1ccc(F)cc1)c1cccs1. The Bertz CT molecular complexity index is 1160. The van der Waals surface area contributed by atoms with Crippen LogP contribution in [0.5, 0.6) is 0 Å². The monoisotopic (exact) mass is 486 g/mol. The molecule has 1 fully saturated rings. The molecule has 0 aliphatic carbocycles. The van der Waals surface area contributed by atoms with Crippen LogP contribution in [0.3, 0.4) is 0 Å². The van der Waals surface area contributed by atoms with Crippen LogP contribution in [0.25, 0.3) is 0 Å². The van der Waals surface area contributed by atoms with E-state index in [0.29, 0.717) is 24.4 Å². The molecule has 1 aromatic heterocycles. The number of piperidine rings is 1. The van der Waals surface area contributed by atoms with Gasteiger partial charge >= 0.3 is 0 Å². The Morgan fingerprint density at radius 1 is 1.00 bits per heavy atom. The van der Waals surface area contributed by atoms with Gasteiger partial charge in [-0.15, -0.1) is 11.3 Å². The first-order valence-corrected chi connectivity index (χ1v) is 13.4. The number of carbonyl (C=O) groups excluding carboxylic acids is 1. The van der Waals surface area contributed by atoms with E-state index >= 15 is 0 Å². The zero-order chi connectivity index (χ0) is 23.3. The van der Waals surface area contributed by atoms with Crippen LogP contribution in [0.4, 0.5) is 4.39 Å². The molecule has 2 heterocycles. The summed E-state index contributed by atoms with van der Waals surface area (Å²) >= 11 is 1.53. The summed E-state index contributed by atoms with van der Waals surface area (Å²) in [5, 5.41) is 4.99. The zero-order valence-corrected chi connectivity index (χ0v) is 19.9. The van der Waals surface area contributed by atoms with Crippen LogP contribution in [-0.2, 0) is 21.2 Å². The summed E-state index contributed by atoms with van der Waals surface area (Å²) in [6.07, 6.45) is 3.63. The smallest absolute Gasteiger partial charge is 0.243 e. The molecular formula is C25H27FN2O3S2. The van der Waals surface area contributed by atoms with Gasteiger partial charge in [-0.3, -0.25) is 4.79 Å². The van der Waals surface area contributed by atoms with Crippen LogP contribution in [-0.4, -0.2) is 31.7 Å². The molecule has 1 unspecified atom stereocenters. The van der Waals surface area contributed by atoms with E-state index in [1.165, 1.54) is 23.5 Å². The number of rotatable bonds is 8. The van der Waals surface area contributed by atoms with E-state index in [4.69, 9.17) is 0 Å². The Morgan fingerprint density at radius 2 is 1.70 bits per heavy atom. The van der Waals surface area contributed by atoms with Gasteiger partial charge < -0.3 is 5.32 Å².